The van der Waals surface area contributed by atoms with Crippen LogP contribution in [0.2, 0.25) is 10.0 Å². The molecule has 1 heterocycles. The Morgan fingerprint density at radius 1 is 1.03 bits per heavy atom. The lowest BCUT2D eigenvalue weighted by molar-refractivity contribution is -0.121. The Bertz CT molecular complexity index is 1030. The Morgan fingerprint density at radius 3 is 2.24 bits per heavy atom. The van der Waals surface area contributed by atoms with Crippen molar-refractivity contribution in [2.45, 2.75) is 17.7 Å². The van der Waals surface area contributed by atoms with Gasteiger partial charge in [0.05, 0.1) is 15.5 Å². The third-order valence-electron chi connectivity index (χ3n) is 4.76. The summed E-state index contributed by atoms with van der Waals surface area (Å²) in [6.07, 6.45) is 1.01. The fourth-order valence-corrected chi connectivity index (χ4v) is 4.03. The maximum atomic E-state index is 12.7. The highest BCUT2D eigenvalue weighted by Crippen LogP contribution is 2.25. The zero-order valence-electron chi connectivity index (χ0n) is 15.3. The monoisotopic (exact) mass is 455 g/mol. The number of nitrogens with two attached hydrogens (primary N) is 1. The molecule has 29 heavy (non-hydrogen) atoms. The minimum absolute atomic E-state index is 0.0259. The first-order valence-electron chi connectivity index (χ1n) is 8.83. The summed E-state index contributed by atoms with van der Waals surface area (Å²) in [6, 6.07) is 10.4. The van der Waals surface area contributed by atoms with Crippen LogP contribution in [0.25, 0.3) is 0 Å². The number of carbonyl (C=O) groups excluding carboxylic acids is 2. The number of rotatable bonds is 4. The molecule has 3 rings (SSSR count). The number of carbonyl (C=O) groups is 2. The maximum absolute atomic E-state index is 12.7. The van der Waals surface area contributed by atoms with Gasteiger partial charge in [-0.25, -0.2) is 13.6 Å². The molecule has 1 saturated heterocycles. The largest absolute Gasteiger partial charge is 0.339 e. The summed E-state index contributed by atoms with van der Waals surface area (Å²) in [7, 11) is -3.78. The lowest BCUT2D eigenvalue weighted by Gasteiger charge is -2.31. The molecule has 2 aromatic carbocycles. The van der Waals surface area contributed by atoms with Crippen molar-refractivity contribution in [2.24, 2.45) is 11.1 Å². The second-order valence-electron chi connectivity index (χ2n) is 6.75. The molecular formula is C19H19Cl2N3O4S. The molecule has 0 aliphatic carbocycles. The van der Waals surface area contributed by atoms with Gasteiger partial charge in [0.25, 0.3) is 5.91 Å². The fourth-order valence-electron chi connectivity index (χ4n) is 3.15. The van der Waals surface area contributed by atoms with Crippen molar-refractivity contribution < 1.29 is 18.0 Å². The Hall–Kier alpha value is -2.13. The molecule has 1 fully saturated rings. The topological polar surface area (TPSA) is 110 Å². The highest BCUT2D eigenvalue weighted by Gasteiger charge is 2.28. The lowest BCUT2D eigenvalue weighted by Crippen LogP contribution is -2.41. The summed E-state index contributed by atoms with van der Waals surface area (Å²) in [5.74, 6) is -0.650. The van der Waals surface area contributed by atoms with E-state index in [1.54, 1.807) is 17.0 Å². The van der Waals surface area contributed by atoms with Gasteiger partial charge in [-0.05, 0) is 55.3 Å². The van der Waals surface area contributed by atoms with Crippen molar-refractivity contribution in [1.29, 1.82) is 0 Å². The summed E-state index contributed by atoms with van der Waals surface area (Å²) >= 11 is 12.1. The third-order valence-corrected chi connectivity index (χ3v) is 6.26. The van der Waals surface area contributed by atoms with E-state index in [-0.39, 0.29) is 22.6 Å². The van der Waals surface area contributed by atoms with Crippen LogP contribution in [-0.4, -0.2) is 38.2 Å². The molecule has 0 atom stereocenters. The van der Waals surface area contributed by atoms with E-state index in [1.807, 2.05) is 0 Å². The number of anilines is 1. The molecule has 0 bridgehead atoms. The molecule has 1 aliphatic heterocycles. The third kappa shape index (κ3) is 5.27. The highest BCUT2D eigenvalue weighted by molar-refractivity contribution is 7.89. The minimum Gasteiger partial charge on any atom is -0.339 e. The number of piperidine rings is 1. The molecule has 0 saturated carbocycles. The van der Waals surface area contributed by atoms with Crippen LogP contribution in [0.5, 0.6) is 0 Å². The fraction of sp³-hybridized carbons (Fsp3) is 0.263. The van der Waals surface area contributed by atoms with Crippen molar-refractivity contribution in [3.05, 3.63) is 58.1 Å². The van der Waals surface area contributed by atoms with Crippen LogP contribution in [0.3, 0.4) is 0 Å². The Balaban J connectivity index is 1.58. The van der Waals surface area contributed by atoms with E-state index in [9.17, 15) is 18.0 Å². The SMILES string of the molecule is NS(=O)(=O)c1ccc(NC(=O)C2CCN(C(=O)c3cc(Cl)ccc3Cl)CC2)cc1. The molecular weight excluding hydrogens is 437 g/mol. The van der Waals surface area contributed by atoms with Gasteiger partial charge in [-0.3, -0.25) is 9.59 Å². The average molecular weight is 456 g/mol. The van der Waals surface area contributed by atoms with Gasteiger partial charge >= 0.3 is 0 Å². The molecule has 0 aromatic heterocycles. The number of nitrogens with zero attached hydrogens (tertiary/aromatic N) is 1. The van der Waals surface area contributed by atoms with E-state index in [0.29, 0.717) is 47.2 Å². The Labute approximate surface area is 178 Å². The van der Waals surface area contributed by atoms with Crippen LogP contribution >= 0.6 is 23.2 Å². The van der Waals surface area contributed by atoms with Crippen LogP contribution in [0.15, 0.2) is 47.4 Å². The van der Waals surface area contributed by atoms with Crippen molar-refractivity contribution in [3.63, 3.8) is 0 Å². The average Bonchev–Trinajstić information content (AvgIpc) is 2.69. The van der Waals surface area contributed by atoms with E-state index in [2.05, 4.69) is 5.32 Å². The van der Waals surface area contributed by atoms with Gasteiger partial charge in [-0.15, -0.1) is 0 Å². The quantitative estimate of drug-likeness (QED) is 0.737. The first kappa shape index (κ1) is 21.6. The van der Waals surface area contributed by atoms with Crippen LogP contribution in [-0.2, 0) is 14.8 Å². The standard InChI is InChI=1S/C19H19Cl2N3O4S/c20-13-1-6-17(21)16(11-13)19(26)24-9-7-12(8-10-24)18(25)23-14-2-4-15(5-3-14)29(22,27)28/h1-6,11-12H,7-10H2,(H,23,25)(H2,22,27,28). The number of nitrogens with one attached hydrogen (secondary N) is 1. The summed E-state index contributed by atoms with van der Waals surface area (Å²) in [5.41, 5.74) is 0.823. The summed E-state index contributed by atoms with van der Waals surface area (Å²) in [4.78, 5) is 26.8. The Kier molecular flexibility index (Phi) is 6.48. The molecule has 154 valence electrons. The van der Waals surface area contributed by atoms with Gasteiger partial charge in [0.1, 0.15) is 0 Å². The zero-order chi connectivity index (χ0) is 21.2. The summed E-state index contributed by atoms with van der Waals surface area (Å²) in [5, 5.41) is 8.59. The zero-order valence-corrected chi connectivity index (χ0v) is 17.6. The number of benzene rings is 2. The Morgan fingerprint density at radius 2 is 1.66 bits per heavy atom. The number of hydrogen-bond donors (Lipinski definition) is 2. The number of amides is 2. The minimum atomic E-state index is -3.78. The van der Waals surface area contributed by atoms with E-state index >= 15 is 0 Å². The smallest absolute Gasteiger partial charge is 0.255 e. The normalized spacial score (nSPS) is 15.2. The van der Waals surface area contributed by atoms with Gasteiger partial charge in [0.2, 0.25) is 15.9 Å². The van der Waals surface area contributed by atoms with E-state index in [0.717, 1.165) is 0 Å². The van der Waals surface area contributed by atoms with Crippen LogP contribution in [0.4, 0.5) is 5.69 Å². The number of halogens is 2. The van der Waals surface area contributed by atoms with Crippen LogP contribution < -0.4 is 10.5 Å². The highest BCUT2D eigenvalue weighted by atomic mass is 35.5. The summed E-state index contributed by atoms with van der Waals surface area (Å²) < 4.78 is 22.6. The number of primary sulfonamides is 1. The molecule has 3 N–H and O–H groups in total. The number of hydrogen-bond acceptors (Lipinski definition) is 4. The molecule has 1 aliphatic rings. The van der Waals surface area contributed by atoms with Crippen molar-refractivity contribution in [3.8, 4) is 0 Å². The molecule has 7 nitrogen and oxygen atoms in total. The molecule has 0 spiro atoms. The van der Waals surface area contributed by atoms with Gasteiger partial charge in [0.15, 0.2) is 0 Å². The molecule has 0 radical (unpaired) electrons. The van der Waals surface area contributed by atoms with Crippen molar-refractivity contribution in [2.75, 3.05) is 18.4 Å². The molecule has 2 aromatic rings. The number of likely N-dealkylation sites (tertiary alicyclic amines) is 1. The lowest BCUT2D eigenvalue weighted by atomic mass is 9.95. The first-order chi connectivity index (χ1) is 13.6. The molecule has 0 unspecified atom stereocenters. The van der Waals surface area contributed by atoms with E-state index < -0.39 is 10.0 Å². The predicted octanol–water partition coefficient (Wildman–Crippen LogP) is 3.13. The predicted molar refractivity (Wildman–Crippen MR) is 112 cm³/mol. The summed E-state index contributed by atoms with van der Waals surface area (Å²) in [6.45, 7) is 0.842. The second kappa shape index (κ2) is 8.71. The van der Waals surface area contributed by atoms with Gasteiger partial charge in [-0.1, -0.05) is 23.2 Å². The first-order valence-corrected chi connectivity index (χ1v) is 11.1. The van der Waals surface area contributed by atoms with Gasteiger partial charge in [0, 0.05) is 29.7 Å². The maximum Gasteiger partial charge on any atom is 0.255 e. The van der Waals surface area contributed by atoms with Crippen LogP contribution in [0, 0.1) is 5.92 Å². The number of sulfonamides is 1. The molecule has 10 heteroatoms. The van der Waals surface area contributed by atoms with E-state index in [4.69, 9.17) is 28.3 Å². The molecule has 2 amide bonds. The second-order valence-corrected chi connectivity index (χ2v) is 9.15. The van der Waals surface area contributed by atoms with Crippen molar-refractivity contribution in [1.82, 2.24) is 4.90 Å². The van der Waals surface area contributed by atoms with Crippen LogP contribution in [0.1, 0.15) is 23.2 Å². The van der Waals surface area contributed by atoms with Gasteiger partial charge < -0.3 is 10.2 Å². The van der Waals surface area contributed by atoms with Crippen molar-refractivity contribution >= 4 is 50.7 Å². The van der Waals surface area contributed by atoms with Gasteiger partial charge in [-0.2, -0.15) is 0 Å². The van der Waals surface area contributed by atoms with E-state index in [1.165, 1.54) is 30.3 Å².